The van der Waals surface area contributed by atoms with E-state index in [1.54, 1.807) is 20.8 Å². The number of aliphatic carboxylic acids is 1. The van der Waals surface area contributed by atoms with Crippen molar-refractivity contribution in [3.05, 3.63) is 35.9 Å². The van der Waals surface area contributed by atoms with Crippen LogP contribution in [0.3, 0.4) is 0 Å². The molecule has 0 saturated heterocycles. The number of aliphatic hydroxyl groups excluding tert-OH is 1. The van der Waals surface area contributed by atoms with Gasteiger partial charge in [-0.1, -0.05) is 30.3 Å². The number of hydrogen-bond acceptors (Lipinski definition) is 5. The zero-order valence-corrected chi connectivity index (χ0v) is 14.2. The summed E-state index contributed by atoms with van der Waals surface area (Å²) in [6.07, 6.45) is -2.04. The van der Waals surface area contributed by atoms with Crippen LogP contribution < -0.4 is 5.32 Å². The highest BCUT2D eigenvalue weighted by molar-refractivity contribution is 5.80. The van der Waals surface area contributed by atoms with Crippen LogP contribution in [0.1, 0.15) is 32.8 Å². The number of hydrogen-bond donors (Lipinski definition) is 3. The van der Waals surface area contributed by atoms with Gasteiger partial charge in [0.1, 0.15) is 11.6 Å². The van der Waals surface area contributed by atoms with Crippen LogP contribution >= 0.6 is 0 Å². The summed E-state index contributed by atoms with van der Waals surface area (Å²) in [5, 5.41) is 21.3. The van der Waals surface area contributed by atoms with Crippen LogP contribution in [0.2, 0.25) is 0 Å². The van der Waals surface area contributed by atoms with Crippen molar-refractivity contribution in [1.82, 2.24) is 5.32 Å². The maximum Gasteiger partial charge on any atom is 0.408 e. The van der Waals surface area contributed by atoms with Gasteiger partial charge in [0.2, 0.25) is 0 Å². The third kappa shape index (κ3) is 8.50. The second-order valence-corrected chi connectivity index (χ2v) is 6.43. The Morgan fingerprint density at radius 3 is 2.38 bits per heavy atom. The fourth-order valence-electron chi connectivity index (χ4n) is 1.90. The van der Waals surface area contributed by atoms with E-state index < -0.39 is 29.8 Å². The predicted molar refractivity (Wildman–Crippen MR) is 87.5 cm³/mol. The summed E-state index contributed by atoms with van der Waals surface area (Å²) in [4.78, 5) is 22.9. The fourth-order valence-corrected chi connectivity index (χ4v) is 1.90. The Kier molecular flexibility index (Phi) is 7.67. The SMILES string of the molecule is CC(C)(C)OC(=O)NC(CC(O)COCc1ccccc1)C(=O)O. The molecule has 134 valence electrons. The third-order valence-electron chi connectivity index (χ3n) is 2.92. The standard InChI is InChI=1S/C17H25NO6/c1-17(2,3)24-16(22)18-14(15(20)21)9-13(19)11-23-10-12-7-5-4-6-8-12/h4-8,13-14,19H,9-11H2,1-3H3,(H,18,22)(H,20,21). The lowest BCUT2D eigenvalue weighted by molar-refractivity contribution is -0.140. The maximum absolute atomic E-state index is 11.6. The first kappa shape index (κ1) is 19.9. The first-order valence-corrected chi connectivity index (χ1v) is 7.69. The van der Waals surface area contributed by atoms with Gasteiger partial charge in [-0.2, -0.15) is 0 Å². The molecule has 0 saturated carbocycles. The quantitative estimate of drug-likeness (QED) is 0.668. The van der Waals surface area contributed by atoms with Crippen molar-refractivity contribution in [2.75, 3.05) is 6.61 Å². The number of carbonyl (C=O) groups is 2. The monoisotopic (exact) mass is 339 g/mol. The molecule has 1 aromatic carbocycles. The van der Waals surface area contributed by atoms with Crippen molar-refractivity contribution < 1.29 is 29.3 Å². The van der Waals surface area contributed by atoms with Crippen molar-refractivity contribution in [3.63, 3.8) is 0 Å². The second-order valence-electron chi connectivity index (χ2n) is 6.43. The van der Waals surface area contributed by atoms with Gasteiger partial charge < -0.3 is 25.0 Å². The van der Waals surface area contributed by atoms with Crippen molar-refractivity contribution in [1.29, 1.82) is 0 Å². The molecule has 0 bridgehead atoms. The molecule has 7 nitrogen and oxygen atoms in total. The van der Waals surface area contributed by atoms with Gasteiger partial charge in [-0.15, -0.1) is 0 Å². The number of nitrogens with one attached hydrogen (secondary N) is 1. The Bertz CT molecular complexity index is 526. The van der Waals surface area contributed by atoms with Crippen molar-refractivity contribution in [2.24, 2.45) is 0 Å². The lowest BCUT2D eigenvalue weighted by Crippen LogP contribution is -2.45. The van der Waals surface area contributed by atoms with Gasteiger partial charge in [-0.05, 0) is 26.3 Å². The Morgan fingerprint density at radius 2 is 1.83 bits per heavy atom. The molecule has 0 spiro atoms. The molecular weight excluding hydrogens is 314 g/mol. The molecule has 0 aromatic heterocycles. The summed E-state index contributed by atoms with van der Waals surface area (Å²) < 4.78 is 10.4. The van der Waals surface area contributed by atoms with Gasteiger partial charge in [0.25, 0.3) is 0 Å². The maximum atomic E-state index is 11.6. The van der Waals surface area contributed by atoms with E-state index in [9.17, 15) is 14.7 Å². The minimum absolute atomic E-state index is 0.0331. The molecule has 0 radical (unpaired) electrons. The van der Waals surface area contributed by atoms with E-state index in [1.165, 1.54) is 0 Å². The summed E-state index contributed by atoms with van der Waals surface area (Å²) in [7, 11) is 0. The molecule has 2 unspecified atom stereocenters. The Hall–Kier alpha value is -2.12. The number of carboxylic acid groups (broad SMARTS) is 1. The predicted octanol–water partition coefficient (Wildman–Crippen LogP) is 1.93. The van der Waals surface area contributed by atoms with Crippen LogP contribution in [0.4, 0.5) is 4.79 Å². The first-order valence-electron chi connectivity index (χ1n) is 7.69. The fraction of sp³-hybridized carbons (Fsp3) is 0.529. The Balaban J connectivity index is 2.41. The molecule has 0 aliphatic rings. The molecule has 3 N–H and O–H groups in total. The lowest BCUT2D eigenvalue weighted by atomic mass is 10.1. The second kappa shape index (κ2) is 9.24. The lowest BCUT2D eigenvalue weighted by Gasteiger charge is -2.23. The van der Waals surface area contributed by atoms with Gasteiger partial charge in [0.15, 0.2) is 0 Å². The van der Waals surface area contributed by atoms with Crippen LogP contribution in [0.25, 0.3) is 0 Å². The Labute approximate surface area is 141 Å². The average molecular weight is 339 g/mol. The average Bonchev–Trinajstić information content (AvgIpc) is 2.45. The number of carboxylic acids is 1. The summed E-state index contributed by atoms with van der Waals surface area (Å²) >= 11 is 0. The number of ether oxygens (including phenoxy) is 2. The minimum Gasteiger partial charge on any atom is -0.480 e. The topological polar surface area (TPSA) is 105 Å². The van der Waals surface area contributed by atoms with Crippen LogP contribution in [-0.4, -0.2) is 46.6 Å². The van der Waals surface area contributed by atoms with Gasteiger partial charge in [0, 0.05) is 6.42 Å². The number of benzene rings is 1. The van der Waals surface area contributed by atoms with Gasteiger partial charge in [-0.25, -0.2) is 9.59 Å². The highest BCUT2D eigenvalue weighted by Gasteiger charge is 2.26. The van der Waals surface area contributed by atoms with Gasteiger partial charge in [-0.3, -0.25) is 0 Å². The number of alkyl carbamates (subject to hydrolysis) is 1. The summed E-state index contributed by atoms with van der Waals surface area (Å²) in [6.45, 7) is 5.31. The largest absolute Gasteiger partial charge is 0.480 e. The van der Waals surface area contributed by atoms with E-state index in [4.69, 9.17) is 14.6 Å². The number of rotatable bonds is 8. The molecule has 7 heteroatoms. The molecule has 1 rings (SSSR count). The molecule has 0 heterocycles. The summed E-state index contributed by atoms with van der Waals surface area (Å²) in [5.74, 6) is -1.25. The molecule has 1 aromatic rings. The smallest absolute Gasteiger partial charge is 0.408 e. The minimum atomic E-state index is -1.25. The number of amides is 1. The molecule has 2 atom stereocenters. The van der Waals surface area contributed by atoms with E-state index >= 15 is 0 Å². The molecule has 24 heavy (non-hydrogen) atoms. The number of aliphatic hydroxyl groups is 1. The highest BCUT2D eigenvalue weighted by Crippen LogP contribution is 2.08. The van der Waals surface area contributed by atoms with E-state index in [0.717, 1.165) is 5.56 Å². The van der Waals surface area contributed by atoms with Gasteiger partial charge in [0.05, 0.1) is 19.3 Å². The van der Waals surface area contributed by atoms with Gasteiger partial charge >= 0.3 is 12.1 Å². The van der Waals surface area contributed by atoms with E-state index in [0.29, 0.717) is 6.61 Å². The highest BCUT2D eigenvalue weighted by atomic mass is 16.6. The van der Waals surface area contributed by atoms with E-state index in [-0.39, 0.29) is 13.0 Å². The third-order valence-corrected chi connectivity index (χ3v) is 2.92. The summed E-state index contributed by atoms with van der Waals surface area (Å²) in [5.41, 5.74) is 0.219. The van der Waals surface area contributed by atoms with Crippen LogP contribution in [0.5, 0.6) is 0 Å². The normalized spacial score (nSPS) is 13.8. The Morgan fingerprint density at radius 1 is 1.21 bits per heavy atom. The molecule has 1 amide bonds. The van der Waals surface area contributed by atoms with Crippen LogP contribution in [0, 0.1) is 0 Å². The first-order chi connectivity index (χ1) is 11.2. The van der Waals surface area contributed by atoms with Crippen LogP contribution in [-0.2, 0) is 20.9 Å². The molecule has 0 aliphatic heterocycles. The molecule has 0 fully saturated rings. The molecule has 0 aliphatic carbocycles. The van der Waals surface area contributed by atoms with E-state index in [1.807, 2.05) is 30.3 Å². The van der Waals surface area contributed by atoms with Crippen molar-refractivity contribution in [2.45, 2.75) is 51.5 Å². The zero-order chi connectivity index (χ0) is 18.2. The van der Waals surface area contributed by atoms with Crippen LogP contribution in [0.15, 0.2) is 30.3 Å². The van der Waals surface area contributed by atoms with Crippen molar-refractivity contribution >= 4 is 12.1 Å². The number of carbonyl (C=O) groups excluding carboxylic acids is 1. The summed E-state index contributed by atoms with van der Waals surface area (Å²) in [6, 6.07) is 8.15. The molecular formula is C17H25NO6. The zero-order valence-electron chi connectivity index (χ0n) is 14.2. The van der Waals surface area contributed by atoms with Crippen molar-refractivity contribution in [3.8, 4) is 0 Å². The van der Waals surface area contributed by atoms with E-state index in [2.05, 4.69) is 5.32 Å².